The van der Waals surface area contributed by atoms with E-state index in [0.717, 1.165) is 68.9 Å². The van der Waals surface area contributed by atoms with Crippen LogP contribution < -0.4 is 10.1 Å². The Morgan fingerprint density at radius 2 is 2.08 bits per heavy atom. The molecule has 2 aromatic heterocycles. The van der Waals surface area contributed by atoms with E-state index in [1.165, 1.54) is 0 Å². The minimum atomic E-state index is -0.427. The number of hydrogen-bond donors (Lipinski definition) is 2. The summed E-state index contributed by atoms with van der Waals surface area (Å²) in [5.41, 5.74) is 4.20. The molecule has 1 saturated carbocycles. The molecule has 1 saturated heterocycles. The van der Waals surface area contributed by atoms with Gasteiger partial charge in [0.2, 0.25) is 0 Å². The highest BCUT2D eigenvalue weighted by atomic mass is 32.1. The molecule has 2 N–H and O–H groups in total. The van der Waals surface area contributed by atoms with E-state index in [-0.39, 0.29) is 12.5 Å². The van der Waals surface area contributed by atoms with Gasteiger partial charge in [0.05, 0.1) is 17.7 Å². The number of nitrogens with zero attached hydrogens (tertiary/aromatic N) is 2. The van der Waals surface area contributed by atoms with Crippen molar-refractivity contribution in [2.45, 2.75) is 44.4 Å². The molecule has 1 unspecified atom stereocenters. The van der Waals surface area contributed by atoms with Crippen LogP contribution >= 0.6 is 11.3 Å². The molecule has 6 nitrogen and oxygen atoms in total. The number of carbonyl (C=O) groups excluding carboxylic acids is 1. The van der Waals surface area contributed by atoms with Crippen molar-refractivity contribution in [3.63, 3.8) is 0 Å². The van der Waals surface area contributed by atoms with Crippen molar-refractivity contribution >= 4 is 28.1 Å². The van der Waals surface area contributed by atoms with Gasteiger partial charge in [-0.15, -0.1) is 11.3 Å². The van der Waals surface area contributed by atoms with Gasteiger partial charge in [-0.25, -0.2) is 0 Å². The van der Waals surface area contributed by atoms with Gasteiger partial charge in [0.1, 0.15) is 12.4 Å². The number of carbonyl (C=O) groups is 1. The van der Waals surface area contributed by atoms with E-state index in [1.807, 2.05) is 43.3 Å². The van der Waals surface area contributed by atoms with Crippen LogP contribution in [0.4, 0.5) is 0 Å². The number of hydrogen-bond acceptors (Lipinski definition) is 6. The number of aromatic nitrogens is 1. The highest BCUT2D eigenvalue weighted by molar-refractivity contribution is 7.15. The molecular formula is C30H31N3O3S. The first kappa shape index (κ1) is 24.1. The van der Waals surface area contributed by atoms with E-state index in [0.29, 0.717) is 18.2 Å². The van der Waals surface area contributed by atoms with Gasteiger partial charge in [-0.2, -0.15) is 0 Å². The number of pyridine rings is 1. The Labute approximate surface area is 220 Å². The highest BCUT2D eigenvalue weighted by Gasteiger charge is 2.47. The van der Waals surface area contributed by atoms with Crippen LogP contribution in [0.5, 0.6) is 5.75 Å². The molecule has 2 fully saturated rings. The number of aliphatic hydroxyl groups excluding tert-OH is 1. The maximum absolute atomic E-state index is 13.6. The van der Waals surface area contributed by atoms with Crippen LogP contribution in [-0.2, 0) is 12.1 Å². The van der Waals surface area contributed by atoms with Crippen molar-refractivity contribution < 1.29 is 14.6 Å². The Morgan fingerprint density at radius 1 is 1.22 bits per heavy atom. The minimum Gasteiger partial charge on any atom is -0.492 e. The van der Waals surface area contributed by atoms with Gasteiger partial charge in [0.15, 0.2) is 0 Å². The minimum absolute atomic E-state index is 0.0306. The largest absolute Gasteiger partial charge is 0.492 e. The first-order chi connectivity index (χ1) is 18.0. The Hall–Kier alpha value is -3.26. The monoisotopic (exact) mass is 513 g/mol. The second-order valence-electron chi connectivity index (χ2n) is 10.3. The Bertz CT molecular complexity index is 1480. The topological polar surface area (TPSA) is 74.7 Å². The maximum atomic E-state index is 13.6. The Balaban J connectivity index is 1.30. The molecule has 1 aliphatic heterocycles. The molecule has 2 aliphatic rings. The highest BCUT2D eigenvalue weighted by Crippen LogP contribution is 2.49. The SMILES string of the molecule is Cc1ccc(OCC2CCN2C)cc1C(=O)NC1(c2cc(-c3ccc(CO)s3)cc3ncccc23)CC1. The molecule has 6 rings (SSSR count). The average molecular weight is 514 g/mol. The molecule has 1 amide bonds. The molecule has 4 aromatic rings. The smallest absolute Gasteiger partial charge is 0.252 e. The Kier molecular flexibility index (Phi) is 6.23. The van der Waals surface area contributed by atoms with Crippen LogP contribution in [0.2, 0.25) is 0 Å². The lowest BCUT2D eigenvalue weighted by Crippen LogP contribution is -2.48. The second-order valence-corrected chi connectivity index (χ2v) is 11.4. The third-order valence-electron chi connectivity index (χ3n) is 7.78. The number of ether oxygens (including phenoxy) is 1. The summed E-state index contributed by atoms with van der Waals surface area (Å²) in [6.07, 6.45) is 4.70. The fraction of sp³-hybridized carbons (Fsp3) is 0.333. The summed E-state index contributed by atoms with van der Waals surface area (Å²) in [5.74, 6) is 0.650. The van der Waals surface area contributed by atoms with Gasteiger partial charge in [-0.05, 0) is 98.9 Å². The van der Waals surface area contributed by atoms with Gasteiger partial charge in [-0.1, -0.05) is 12.1 Å². The van der Waals surface area contributed by atoms with Crippen molar-refractivity contribution in [3.05, 3.63) is 82.4 Å². The third kappa shape index (κ3) is 4.63. The lowest BCUT2D eigenvalue weighted by Gasteiger charge is -2.37. The molecule has 7 heteroatoms. The molecule has 190 valence electrons. The van der Waals surface area contributed by atoms with Crippen molar-refractivity contribution in [3.8, 4) is 16.2 Å². The quantitative estimate of drug-likeness (QED) is 0.336. The van der Waals surface area contributed by atoms with E-state index in [4.69, 9.17) is 4.74 Å². The summed E-state index contributed by atoms with van der Waals surface area (Å²) in [7, 11) is 2.11. The summed E-state index contributed by atoms with van der Waals surface area (Å²) < 4.78 is 6.04. The zero-order valence-electron chi connectivity index (χ0n) is 21.2. The number of fused-ring (bicyclic) bond motifs is 1. The maximum Gasteiger partial charge on any atom is 0.252 e. The predicted octanol–water partition coefficient (Wildman–Crippen LogP) is 5.27. The Morgan fingerprint density at radius 3 is 2.78 bits per heavy atom. The zero-order valence-corrected chi connectivity index (χ0v) is 22.0. The van der Waals surface area contributed by atoms with Gasteiger partial charge < -0.3 is 15.2 Å². The number of aryl methyl sites for hydroxylation is 1. The van der Waals surface area contributed by atoms with Crippen molar-refractivity contribution in [1.29, 1.82) is 0 Å². The van der Waals surface area contributed by atoms with E-state index < -0.39 is 5.54 Å². The molecule has 1 atom stereocenters. The van der Waals surface area contributed by atoms with E-state index in [1.54, 1.807) is 17.5 Å². The van der Waals surface area contributed by atoms with Crippen LogP contribution in [0.1, 0.15) is 45.6 Å². The first-order valence-corrected chi connectivity index (χ1v) is 13.6. The number of thiophene rings is 1. The molecule has 1 aliphatic carbocycles. The van der Waals surface area contributed by atoms with Gasteiger partial charge in [0.25, 0.3) is 5.91 Å². The number of aliphatic hydroxyl groups is 1. The molecular weight excluding hydrogens is 482 g/mol. The average Bonchev–Trinajstić information content (AvgIpc) is 3.52. The van der Waals surface area contributed by atoms with Crippen molar-refractivity contribution in [2.24, 2.45) is 0 Å². The molecule has 0 radical (unpaired) electrons. The van der Waals surface area contributed by atoms with Crippen LogP contribution in [0.3, 0.4) is 0 Å². The molecule has 0 spiro atoms. The third-order valence-corrected chi connectivity index (χ3v) is 8.89. The van der Waals surface area contributed by atoms with Crippen LogP contribution in [-0.4, -0.2) is 47.1 Å². The van der Waals surface area contributed by atoms with E-state index in [2.05, 4.69) is 40.4 Å². The standard InChI is InChI=1S/C30H31N3O3S/c1-19-5-6-22(36-18-21-9-13-33(21)2)16-25(19)29(35)32-30(10-11-30)26-14-20(28-8-7-23(17-34)37-28)15-27-24(26)4-3-12-31-27/h3-8,12,14-16,21,34H,9-11,13,17-18H2,1-2H3,(H,32,35). The second kappa shape index (κ2) is 9.56. The number of likely N-dealkylation sites (tertiary alicyclic amines) is 1. The van der Waals surface area contributed by atoms with E-state index >= 15 is 0 Å². The fourth-order valence-electron chi connectivity index (χ4n) is 5.12. The molecule has 0 bridgehead atoms. The van der Waals surface area contributed by atoms with Crippen LogP contribution in [0.25, 0.3) is 21.3 Å². The van der Waals surface area contributed by atoms with Gasteiger partial charge in [-0.3, -0.25) is 14.7 Å². The summed E-state index contributed by atoms with van der Waals surface area (Å²) in [4.78, 5) is 22.5. The molecule has 3 heterocycles. The first-order valence-electron chi connectivity index (χ1n) is 12.8. The summed E-state index contributed by atoms with van der Waals surface area (Å²) in [6, 6.07) is 18.5. The number of nitrogens with one attached hydrogen (secondary N) is 1. The van der Waals surface area contributed by atoms with Crippen molar-refractivity contribution in [1.82, 2.24) is 15.2 Å². The summed E-state index contributed by atoms with van der Waals surface area (Å²) in [5, 5.41) is 14.0. The number of amides is 1. The van der Waals surface area contributed by atoms with Crippen LogP contribution in [0.15, 0.2) is 60.8 Å². The van der Waals surface area contributed by atoms with Gasteiger partial charge in [0, 0.05) is 32.9 Å². The number of benzene rings is 2. The normalized spacial score (nSPS) is 18.4. The molecule has 2 aromatic carbocycles. The lowest BCUT2D eigenvalue weighted by atomic mass is 9.95. The fourth-order valence-corrected chi connectivity index (χ4v) is 5.97. The van der Waals surface area contributed by atoms with Crippen molar-refractivity contribution in [2.75, 3.05) is 20.2 Å². The summed E-state index contributed by atoms with van der Waals surface area (Å²) in [6.45, 7) is 3.74. The predicted molar refractivity (Wildman–Crippen MR) is 147 cm³/mol. The zero-order chi connectivity index (χ0) is 25.6. The van der Waals surface area contributed by atoms with E-state index in [9.17, 15) is 9.90 Å². The molecule has 37 heavy (non-hydrogen) atoms. The van der Waals surface area contributed by atoms with Crippen LogP contribution in [0, 0.1) is 6.92 Å². The van der Waals surface area contributed by atoms with Gasteiger partial charge >= 0.3 is 0 Å². The number of rotatable bonds is 8. The number of likely N-dealkylation sites (N-methyl/N-ethyl adjacent to an activating group) is 1. The summed E-state index contributed by atoms with van der Waals surface area (Å²) >= 11 is 1.58. The lowest BCUT2D eigenvalue weighted by molar-refractivity contribution is 0.0767.